The number of benzene rings is 1. The topological polar surface area (TPSA) is 174 Å². The number of aliphatic hydroxyl groups excluding tert-OH is 5. The van der Waals surface area contributed by atoms with Crippen molar-refractivity contribution in [3.05, 3.63) is 28.8 Å². The second-order valence-electron chi connectivity index (χ2n) is 6.28. The van der Waals surface area contributed by atoms with Gasteiger partial charge >= 0.3 is 0 Å². The predicted molar refractivity (Wildman–Crippen MR) is 87.1 cm³/mol. The molecule has 0 amide bonds. The van der Waals surface area contributed by atoms with Gasteiger partial charge in [-0.25, -0.2) is 0 Å². The quantitative estimate of drug-likeness (QED) is 0.342. The highest BCUT2D eigenvalue weighted by Gasteiger charge is 2.45. The lowest BCUT2D eigenvalue weighted by molar-refractivity contribution is -0.277. The van der Waals surface area contributed by atoms with E-state index in [1.807, 2.05) is 0 Å². The fourth-order valence-corrected chi connectivity index (χ4v) is 2.98. The standard InChI is InChI=1S/C17H18O10/c1-5-10(19)6-2-3-7(12(21)9(6)14(23)11(5)20)26-17-16(25)15(24)13(22)8(4-18)27-17/h2-3,8,13,15-19,21-22,24-25H,4H2,1H3/t8-,13-,15+,16-,17-/m1/s1. The molecule has 5 atom stereocenters. The van der Waals surface area contributed by atoms with Crippen LogP contribution in [0.5, 0.6) is 11.5 Å². The predicted octanol–water partition coefficient (Wildman–Crippen LogP) is -1.37. The third-order valence-corrected chi connectivity index (χ3v) is 4.62. The van der Waals surface area contributed by atoms with Gasteiger partial charge in [0.05, 0.1) is 12.2 Å². The van der Waals surface area contributed by atoms with Crippen LogP contribution in [0.2, 0.25) is 0 Å². The van der Waals surface area contributed by atoms with Crippen molar-refractivity contribution in [1.82, 2.24) is 0 Å². The monoisotopic (exact) mass is 382 g/mol. The molecule has 0 aromatic heterocycles. The zero-order valence-electron chi connectivity index (χ0n) is 14.1. The van der Waals surface area contributed by atoms with E-state index in [0.717, 1.165) is 0 Å². The number of aliphatic hydroxyl groups is 5. The molecular weight excluding hydrogens is 364 g/mol. The number of ketones is 2. The maximum atomic E-state index is 12.2. The molecule has 1 aromatic carbocycles. The molecule has 1 aliphatic carbocycles. The minimum atomic E-state index is -1.73. The number of phenols is 1. The molecular formula is C17H18O10. The van der Waals surface area contributed by atoms with Crippen molar-refractivity contribution in [2.24, 2.45) is 0 Å². The van der Waals surface area contributed by atoms with Crippen molar-refractivity contribution in [2.45, 2.75) is 37.6 Å². The maximum Gasteiger partial charge on any atom is 0.237 e. The van der Waals surface area contributed by atoms with E-state index in [1.54, 1.807) is 0 Å². The number of Topliss-reactive ketones (excluding diaryl/α,β-unsaturated/α-hetero) is 2. The molecule has 0 bridgehead atoms. The number of carbonyl (C=O) groups excluding carboxylic acids is 2. The summed E-state index contributed by atoms with van der Waals surface area (Å²) in [6.45, 7) is 0.597. The lowest BCUT2D eigenvalue weighted by Gasteiger charge is -2.39. The van der Waals surface area contributed by atoms with Crippen LogP contribution >= 0.6 is 0 Å². The average Bonchev–Trinajstić information content (AvgIpc) is 2.66. The molecule has 10 heteroatoms. The van der Waals surface area contributed by atoms with E-state index in [9.17, 15) is 40.2 Å². The molecule has 6 N–H and O–H groups in total. The van der Waals surface area contributed by atoms with Gasteiger partial charge < -0.3 is 40.1 Å². The van der Waals surface area contributed by atoms with Crippen LogP contribution in [-0.2, 0) is 9.53 Å². The first-order valence-corrected chi connectivity index (χ1v) is 8.01. The number of fused-ring (bicyclic) bond motifs is 1. The summed E-state index contributed by atoms with van der Waals surface area (Å²) in [5.41, 5.74) is -0.685. The Bertz CT molecular complexity index is 827. The number of ether oxygens (including phenoxy) is 2. The molecule has 0 radical (unpaired) electrons. The number of hydrogen-bond acceptors (Lipinski definition) is 10. The normalized spacial score (nSPS) is 31.1. The third kappa shape index (κ3) is 2.97. The lowest BCUT2D eigenvalue weighted by atomic mass is 9.88. The smallest absolute Gasteiger partial charge is 0.237 e. The van der Waals surface area contributed by atoms with Crippen molar-refractivity contribution in [3.8, 4) is 11.5 Å². The fourth-order valence-electron chi connectivity index (χ4n) is 2.98. The van der Waals surface area contributed by atoms with Gasteiger partial charge in [-0.15, -0.1) is 0 Å². The molecule has 0 spiro atoms. The third-order valence-electron chi connectivity index (χ3n) is 4.62. The van der Waals surface area contributed by atoms with Crippen molar-refractivity contribution in [3.63, 3.8) is 0 Å². The summed E-state index contributed by atoms with van der Waals surface area (Å²) in [7, 11) is 0. The Labute approximate surface area is 152 Å². The number of phenolic OH excluding ortho intramolecular Hbond substituents is 1. The van der Waals surface area contributed by atoms with Crippen LogP contribution in [0.3, 0.4) is 0 Å². The Balaban J connectivity index is 1.96. The number of hydrogen-bond donors (Lipinski definition) is 6. The zero-order valence-corrected chi connectivity index (χ0v) is 14.1. The molecule has 146 valence electrons. The van der Waals surface area contributed by atoms with E-state index < -0.39 is 66.0 Å². The zero-order chi connectivity index (χ0) is 20.0. The van der Waals surface area contributed by atoms with E-state index >= 15 is 0 Å². The Morgan fingerprint density at radius 1 is 1.04 bits per heavy atom. The Kier molecular flexibility index (Phi) is 4.93. The molecule has 1 aromatic rings. The number of carbonyl (C=O) groups is 2. The second-order valence-corrected chi connectivity index (χ2v) is 6.28. The van der Waals surface area contributed by atoms with Crippen LogP contribution in [-0.4, -0.2) is 79.5 Å². The summed E-state index contributed by atoms with van der Waals surface area (Å²) in [6.07, 6.45) is -7.84. The minimum Gasteiger partial charge on any atom is -0.507 e. The van der Waals surface area contributed by atoms with Gasteiger partial charge in [0.2, 0.25) is 17.9 Å². The van der Waals surface area contributed by atoms with Crippen molar-refractivity contribution in [2.75, 3.05) is 6.61 Å². The molecule has 2 aliphatic rings. The van der Waals surface area contributed by atoms with E-state index in [1.165, 1.54) is 19.1 Å². The molecule has 1 saturated heterocycles. The second kappa shape index (κ2) is 6.91. The van der Waals surface area contributed by atoms with E-state index in [0.29, 0.717) is 0 Å². The first-order chi connectivity index (χ1) is 12.7. The van der Waals surface area contributed by atoms with Crippen LogP contribution in [0.25, 0.3) is 5.76 Å². The summed E-state index contributed by atoms with van der Waals surface area (Å²) in [5.74, 6) is -3.62. The highest BCUT2D eigenvalue weighted by Crippen LogP contribution is 2.40. The van der Waals surface area contributed by atoms with Gasteiger partial charge in [-0.05, 0) is 19.1 Å². The first-order valence-electron chi connectivity index (χ1n) is 8.01. The SMILES string of the molecule is CC1=C(O)c2ccc(O[C@@H]3O[C@H](CO)[C@@H](O)[C@H](O)[C@H]3O)c(O)c2C(=O)C1=O. The highest BCUT2D eigenvalue weighted by molar-refractivity contribution is 6.52. The summed E-state index contributed by atoms with van der Waals surface area (Å²) in [4.78, 5) is 24.1. The van der Waals surface area contributed by atoms with E-state index in [2.05, 4.69) is 0 Å². The molecule has 27 heavy (non-hydrogen) atoms. The van der Waals surface area contributed by atoms with E-state index in [-0.39, 0.29) is 16.9 Å². The van der Waals surface area contributed by atoms with Crippen molar-refractivity contribution in [1.29, 1.82) is 0 Å². The Morgan fingerprint density at radius 3 is 2.33 bits per heavy atom. The number of rotatable bonds is 3. The van der Waals surface area contributed by atoms with Gasteiger partial charge in [0, 0.05) is 11.1 Å². The fraction of sp³-hybridized carbons (Fsp3) is 0.412. The van der Waals surface area contributed by atoms with Gasteiger partial charge in [-0.1, -0.05) is 0 Å². The van der Waals surface area contributed by atoms with Gasteiger partial charge in [-0.2, -0.15) is 0 Å². The molecule has 0 unspecified atom stereocenters. The molecule has 10 nitrogen and oxygen atoms in total. The van der Waals surface area contributed by atoms with Crippen LogP contribution < -0.4 is 4.74 Å². The summed E-state index contributed by atoms with van der Waals surface area (Å²) >= 11 is 0. The highest BCUT2D eigenvalue weighted by atomic mass is 16.7. The molecule has 1 fully saturated rings. The molecule has 0 saturated carbocycles. The first kappa shape index (κ1) is 19.3. The summed E-state index contributed by atoms with van der Waals surface area (Å²) in [5, 5.41) is 59.1. The molecule has 1 heterocycles. The Morgan fingerprint density at radius 2 is 1.70 bits per heavy atom. The summed E-state index contributed by atoms with van der Waals surface area (Å²) in [6, 6.07) is 2.40. The van der Waals surface area contributed by atoms with Crippen molar-refractivity contribution < 1.29 is 49.7 Å². The average molecular weight is 382 g/mol. The Hall–Kier alpha value is -2.50. The van der Waals surface area contributed by atoms with Gasteiger partial charge in [0.25, 0.3) is 0 Å². The van der Waals surface area contributed by atoms with Crippen LogP contribution in [0.1, 0.15) is 22.8 Å². The maximum absolute atomic E-state index is 12.2. The summed E-state index contributed by atoms with van der Waals surface area (Å²) < 4.78 is 10.5. The number of aromatic hydroxyl groups is 1. The largest absolute Gasteiger partial charge is 0.507 e. The minimum absolute atomic E-state index is 0.0595. The van der Waals surface area contributed by atoms with Gasteiger partial charge in [0.1, 0.15) is 30.2 Å². The van der Waals surface area contributed by atoms with Gasteiger partial charge in [-0.3, -0.25) is 9.59 Å². The molecule has 1 aliphatic heterocycles. The van der Waals surface area contributed by atoms with Crippen molar-refractivity contribution >= 4 is 17.3 Å². The van der Waals surface area contributed by atoms with Gasteiger partial charge in [0.15, 0.2) is 11.5 Å². The van der Waals surface area contributed by atoms with Crippen LogP contribution in [0.4, 0.5) is 0 Å². The lowest BCUT2D eigenvalue weighted by Crippen LogP contribution is -2.60. The molecule has 3 rings (SSSR count). The van der Waals surface area contributed by atoms with E-state index in [4.69, 9.17) is 9.47 Å². The number of allylic oxidation sites excluding steroid dienone is 1. The van der Waals surface area contributed by atoms with Crippen LogP contribution in [0, 0.1) is 0 Å². The van der Waals surface area contributed by atoms with Crippen LogP contribution in [0.15, 0.2) is 17.7 Å².